The highest BCUT2D eigenvalue weighted by molar-refractivity contribution is 6.30. The smallest absolute Gasteiger partial charge is 0.173 e. The average Bonchev–Trinajstić information content (AvgIpc) is 3.24. The highest BCUT2D eigenvalue weighted by Crippen LogP contribution is 2.31. The van der Waals surface area contributed by atoms with Crippen LogP contribution in [0.3, 0.4) is 0 Å². The quantitative estimate of drug-likeness (QED) is 0.560. The van der Waals surface area contributed by atoms with E-state index >= 15 is 0 Å². The molecular weight excluding hydrogens is 412 g/mol. The van der Waals surface area contributed by atoms with Crippen molar-refractivity contribution >= 4 is 17.3 Å². The number of methoxy groups -OCH3 is 1. The molecule has 3 aromatic rings. The molecule has 2 heterocycles. The van der Waals surface area contributed by atoms with Crippen LogP contribution in [-0.4, -0.2) is 65.0 Å². The fourth-order valence-corrected chi connectivity index (χ4v) is 4.32. The third-order valence-electron chi connectivity index (χ3n) is 5.88. The summed E-state index contributed by atoms with van der Waals surface area (Å²) in [7, 11) is 1.69. The Labute approximate surface area is 188 Å². The number of benzene rings is 2. The topological polar surface area (TPSA) is 59.3 Å². The van der Waals surface area contributed by atoms with Gasteiger partial charge in [0.2, 0.25) is 0 Å². The monoisotopic (exact) mass is 440 g/mol. The van der Waals surface area contributed by atoms with Gasteiger partial charge in [-0.15, -0.1) is 5.10 Å². The molecule has 2 aromatic carbocycles. The average molecular weight is 441 g/mol. The van der Waals surface area contributed by atoms with Crippen molar-refractivity contribution in [1.29, 1.82) is 0 Å². The minimum absolute atomic E-state index is 0.0371. The highest BCUT2D eigenvalue weighted by atomic mass is 35.5. The fourth-order valence-electron chi connectivity index (χ4n) is 4.19. The normalized spacial score (nSPS) is 15.9. The molecule has 1 fully saturated rings. The van der Waals surface area contributed by atoms with Gasteiger partial charge < -0.3 is 9.64 Å². The maximum atomic E-state index is 6.16. The van der Waals surface area contributed by atoms with Gasteiger partial charge in [-0.2, -0.15) is 0 Å². The molecule has 1 aromatic heterocycles. The highest BCUT2D eigenvalue weighted by Gasteiger charge is 2.31. The first-order valence-electron chi connectivity index (χ1n) is 10.6. The molecule has 0 saturated carbocycles. The Morgan fingerprint density at radius 3 is 2.48 bits per heavy atom. The second kappa shape index (κ2) is 9.77. The fraction of sp³-hybridized carbons (Fsp3) is 0.435. The first-order chi connectivity index (χ1) is 15.1. The Kier molecular flexibility index (Phi) is 6.85. The molecule has 0 unspecified atom stereocenters. The maximum absolute atomic E-state index is 6.16. The molecular formula is C23H29ClN6O. The van der Waals surface area contributed by atoms with Crippen molar-refractivity contribution < 1.29 is 4.74 Å². The van der Waals surface area contributed by atoms with Crippen LogP contribution in [0.1, 0.15) is 28.6 Å². The zero-order chi connectivity index (χ0) is 21.8. The van der Waals surface area contributed by atoms with Gasteiger partial charge in [0, 0.05) is 44.0 Å². The molecule has 0 radical (unpaired) electrons. The van der Waals surface area contributed by atoms with Crippen molar-refractivity contribution in [3.63, 3.8) is 0 Å². The van der Waals surface area contributed by atoms with E-state index in [1.165, 1.54) is 16.8 Å². The number of hydrogen-bond donors (Lipinski definition) is 0. The zero-order valence-electron chi connectivity index (χ0n) is 18.3. The molecule has 1 saturated heterocycles. The Balaban J connectivity index is 1.59. The standard InChI is InChI=1S/C23H29ClN6O/c1-17-4-5-18(2)21(16-17)28-10-12-29(13-11-28)22(19-6-8-20(24)9-7-19)23-25-26-27-30(23)14-15-31-3/h4-9,16,22H,10-15H2,1-3H3/t22-/m1/s1. The summed E-state index contributed by atoms with van der Waals surface area (Å²) >= 11 is 6.16. The second-order valence-electron chi connectivity index (χ2n) is 8.02. The predicted octanol–water partition coefficient (Wildman–Crippen LogP) is 3.50. The van der Waals surface area contributed by atoms with Gasteiger partial charge in [-0.1, -0.05) is 35.9 Å². The van der Waals surface area contributed by atoms with E-state index in [1.807, 2.05) is 16.8 Å². The largest absolute Gasteiger partial charge is 0.383 e. The van der Waals surface area contributed by atoms with E-state index in [4.69, 9.17) is 16.3 Å². The summed E-state index contributed by atoms with van der Waals surface area (Å²) < 4.78 is 7.09. The molecule has 164 valence electrons. The van der Waals surface area contributed by atoms with E-state index in [9.17, 15) is 0 Å². The Morgan fingerprint density at radius 1 is 1.03 bits per heavy atom. The summed E-state index contributed by atoms with van der Waals surface area (Å²) in [6, 6.07) is 14.6. The first-order valence-corrected chi connectivity index (χ1v) is 11.0. The molecule has 0 amide bonds. The maximum Gasteiger partial charge on any atom is 0.173 e. The van der Waals surface area contributed by atoms with Crippen molar-refractivity contribution in [3.8, 4) is 0 Å². The molecule has 1 aliphatic rings. The zero-order valence-corrected chi connectivity index (χ0v) is 19.1. The number of aromatic nitrogens is 4. The van der Waals surface area contributed by atoms with E-state index in [0.29, 0.717) is 13.2 Å². The van der Waals surface area contributed by atoms with Gasteiger partial charge >= 0.3 is 0 Å². The van der Waals surface area contributed by atoms with Gasteiger partial charge in [0.15, 0.2) is 5.82 Å². The van der Waals surface area contributed by atoms with Crippen LogP contribution in [0.2, 0.25) is 5.02 Å². The van der Waals surface area contributed by atoms with Crippen LogP contribution >= 0.6 is 11.6 Å². The number of piperazine rings is 1. The summed E-state index contributed by atoms with van der Waals surface area (Å²) in [5.41, 5.74) is 5.07. The minimum atomic E-state index is -0.0371. The summed E-state index contributed by atoms with van der Waals surface area (Å²) in [6.07, 6.45) is 0. The summed E-state index contributed by atoms with van der Waals surface area (Å²) in [4.78, 5) is 4.94. The van der Waals surface area contributed by atoms with E-state index in [2.05, 4.69) is 69.5 Å². The van der Waals surface area contributed by atoms with Crippen LogP contribution < -0.4 is 4.90 Å². The van der Waals surface area contributed by atoms with Gasteiger partial charge in [-0.25, -0.2) is 4.68 Å². The van der Waals surface area contributed by atoms with E-state index < -0.39 is 0 Å². The molecule has 7 nitrogen and oxygen atoms in total. The van der Waals surface area contributed by atoms with Gasteiger partial charge in [-0.05, 0) is 59.2 Å². The summed E-state index contributed by atoms with van der Waals surface area (Å²) in [5.74, 6) is 0.833. The number of ether oxygens (including phenoxy) is 1. The van der Waals surface area contributed by atoms with Crippen molar-refractivity contribution in [2.24, 2.45) is 0 Å². The molecule has 0 spiro atoms. The number of nitrogens with zero attached hydrogens (tertiary/aromatic N) is 6. The number of rotatable bonds is 7. The van der Waals surface area contributed by atoms with Crippen molar-refractivity contribution in [3.05, 3.63) is 70.0 Å². The van der Waals surface area contributed by atoms with Crippen molar-refractivity contribution in [1.82, 2.24) is 25.1 Å². The van der Waals surface area contributed by atoms with E-state index in [1.54, 1.807) is 7.11 Å². The van der Waals surface area contributed by atoms with Gasteiger partial charge in [0.25, 0.3) is 0 Å². The molecule has 4 rings (SSSR count). The third kappa shape index (κ3) is 4.89. The molecule has 31 heavy (non-hydrogen) atoms. The summed E-state index contributed by atoms with van der Waals surface area (Å²) in [6.45, 7) is 9.24. The lowest BCUT2D eigenvalue weighted by atomic mass is 10.0. The second-order valence-corrected chi connectivity index (χ2v) is 8.46. The lowest BCUT2D eigenvalue weighted by molar-refractivity contribution is 0.171. The third-order valence-corrected chi connectivity index (χ3v) is 6.13. The van der Waals surface area contributed by atoms with Crippen molar-refractivity contribution in [2.45, 2.75) is 26.4 Å². The van der Waals surface area contributed by atoms with Crippen LogP contribution in [-0.2, 0) is 11.3 Å². The number of halogens is 1. The van der Waals surface area contributed by atoms with E-state index in [-0.39, 0.29) is 6.04 Å². The lowest BCUT2D eigenvalue weighted by Crippen LogP contribution is -2.48. The van der Waals surface area contributed by atoms with Crippen LogP contribution in [0.4, 0.5) is 5.69 Å². The number of aryl methyl sites for hydroxylation is 2. The van der Waals surface area contributed by atoms with Gasteiger partial charge in [-0.3, -0.25) is 4.90 Å². The lowest BCUT2D eigenvalue weighted by Gasteiger charge is -2.40. The molecule has 1 aliphatic heterocycles. The Morgan fingerprint density at radius 2 is 1.77 bits per heavy atom. The number of tetrazole rings is 1. The Hall–Kier alpha value is -2.48. The van der Waals surface area contributed by atoms with Crippen LogP contribution in [0.15, 0.2) is 42.5 Å². The molecule has 8 heteroatoms. The molecule has 0 aliphatic carbocycles. The number of anilines is 1. The van der Waals surface area contributed by atoms with Gasteiger partial charge in [0.05, 0.1) is 19.2 Å². The van der Waals surface area contributed by atoms with E-state index in [0.717, 1.165) is 42.6 Å². The van der Waals surface area contributed by atoms with Crippen LogP contribution in [0, 0.1) is 13.8 Å². The van der Waals surface area contributed by atoms with Gasteiger partial charge in [0.1, 0.15) is 0 Å². The molecule has 0 N–H and O–H groups in total. The SMILES string of the molecule is COCCn1nnnc1[C@@H](c1ccc(Cl)cc1)N1CCN(c2cc(C)ccc2C)CC1. The summed E-state index contributed by atoms with van der Waals surface area (Å²) in [5, 5.41) is 13.3. The minimum Gasteiger partial charge on any atom is -0.383 e. The van der Waals surface area contributed by atoms with Crippen LogP contribution in [0.25, 0.3) is 0 Å². The van der Waals surface area contributed by atoms with Crippen LogP contribution in [0.5, 0.6) is 0 Å². The van der Waals surface area contributed by atoms with Crippen molar-refractivity contribution in [2.75, 3.05) is 44.8 Å². The number of hydrogen-bond acceptors (Lipinski definition) is 6. The molecule has 1 atom stereocenters. The molecule has 0 bridgehead atoms. The first kappa shape index (κ1) is 21.7. The Bertz CT molecular complexity index is 998. The predicted molar refractivity (Wildman–Crippen MR) is 123 cm³/mol.